The van der Waals surface area contributed by atoms with Gasteiger partial charge in [0, 0.05) is 25.7 Å². The van der Waals surface area contributed by atoms with E-state index in [0.717, 1.165) is 11.8 Å². The van der Waals surface area contributed by atoms with Crippen LogP contribution in [0.4, 0.5) is 13.2 Å². The maximum atomic E-state index is 13.3. The average Bonchev–Trinajstić information content (AvgIpc) is 3.17. The number of benzene rings is 1. The van der Waals surface area contributed by atoms with Gasteiger partial charge in [0.2, 0.25) is 11.8 Å². The molecule has 0 aliphatic carbocycles. The third-order valence-electron chi connectivity index (χ3n) is 4.95. The van der Waals surface area contributed by atoms with Gasteiger partial charge in [-0.1, -0.05) is 30.3 Å². The van der Waals surface area contributed by atoms with Crippen molar-refractivity contribution in [2.75, 3.05) is 13.1 Å². The molecule has 1 aliphatic heterocycles. The standard InChI is InChI=1S/C20H23F3N4O3/c1-2-14-9-15(30-26-14)11-25-18(28)10-17-19(29)24-7-8-27(17)12-13-5-3-4-6-16(13)20(21,22)23/h3-6,9,17H,2,7-8,10-12H2,1H3,(H,24,29)(H,25,28)/t17-/m1/s1. The van der Waals surface area contributed by atoms with E-state index in [2.05, 4.69) is 15.8 Å². The Morgan fingerprint density at radius 1 is 1.37 bits per heavy atom. The van der Waals surface area contributed by atoms with Crippen molar-refractivity contribution in [1.82, 2.24) is 20.7 Å². The molecule has 7 nitrogen and oxygen atoms in total. The lowest BCUT2D eigenvalue weighted by molar-refractivity contribution is -0.139. The summed E-state index contributed by atoms with van der Waals surface area (Å²) in [6.45, 7) is 2.62. The molecule has 0 unspecified atom stereocenters. The number of hydrogen-bond acceptors (Lipinski definition) is 5. The summed E-state index contributed by atoms with van der Waals surface area (Å²) in [7, 11) is 0. The Morgan fingerprint density at radius 2 is 2.13 bits per heavy atom. The number of piperazine rings is 1. The quantitative estimate of drug-likeness (QED) is 0.712. The van der Waals surface area contributed by atoms with Crippen LogP contribution in [0, 0.1) is 0 Å². The number of hydrogen-bond donors (Lipinski definition) is 2. The fourth-order valence-electron chi connectivity index (χ4n) is 3.37. The second-order valence-corrected chi connectivity index (χ2v) is 7.05. The molecule has 1 aliphatic rings. The summed E-state index contributed by atoms with van der Waals surface area (Å²) in [5, 5.41) is 9.17. The summed E-state index contributed by atoms with van der Waals surface area (Å²) >= 11 is 0. The summed E-state index contributed by atoms with van der Waals surface area (Å²) in [4.78, 5) is 26.3. The number of carbonyl (C=O) groups excluding carboxylic acids is 2. The number of nitrogens with zero attached hydrogens (tertiary/aromatic N) is 2. The predicted octanol–water partition coefficient (Wildman–Crippen LogP) is 2.26. The van der Waals surface area contributed by atoms with E-state index in [1.54, 1.807) is 11.0 Å². The van der Waals surface area contributed by atoms with Gasteiger partial charge in [-0.05, 0) is 18.1 Å². The summed E-state index contributed by atoms with van der Waals surface area (Å²) in [6, 6.07) is 6.13. The van der Waals surface area contributed by atoms with Gasteiger partial charge in [-0.3, -0.25) is 14.5 Å². The number of aryl methyl sites for hydroxylation is 1. The van der Waals surface area contributed by atoms with Gasteiger partial charge in [0.15, 0.2) is 5.76 Å². The molecule has 2 N–H and O–H groups in total. The van der Waals surface area contributed by atoms with E-state index in [1.807, 2.05) is 6.92 Å². The molecule has 10 heteroatoms. The van der Waals surface area contributed by atoms with Crippen LogP contribution in [0.5, 0.6) is 0 Å². The number of carbonyl (C=O) groups is 2. The van der Waals surface area contributed by atoms with Crippen LogP contribution in [0.2, 0.25) is 0 Å². The monoisotopic (exact) mass is 424 g/mol. The molecule has 1 fully saturated rings. The van der Waals surface area contributed by atoms with Gasteiger partial charge in [0.05, 0.1) is 30.3 Å². The van der Waals surface area contributed by atoms with Crippen LogP contribution in [-0.2, 0) is 35.3 Å². The largest absolute Gasteiger partial charge is 0.416 e. The second kappa shape index (κ2) is 9.29. The van der Waals surface area contributed by atoms with E-state index in [1.165, 1.54) is 18.2 Å². The normalized spacial score (nSPS) is 17.6. The van der Waals surface area contributed by atoms with E-state index in [0.29, 0.717) is 25.3 Å². The Morgan fingerprint density at radius 3 is 2.83 bits per heavy atom. The fraction of sp³-hybridized carbons (Fsp3) is 0.450. The highest BCUT2D eigenvalue weighted by Gasteiger charge is 2.36. The number of rotatable bonds is 7. The smallest absolute Gasteiger partial charge is 0.359 e. The lowest BCUT2D eigenvalue weighted by atomic mass is 10.0. The van der Waals surface area contributed by atoms with Gasteiger partial charge >= 0.3 is 6.18 Å². The van der Waals surface area contributed by atoms with Crippen molar-refractivity contribution < 1.29 is 27.3 Å². The minimum absolute atomic E-state index is 0.0684. The first-order chi connectivity index (χ1) is 14.3. The minimum atomic E-state index is -4.49. The van der Waals surface area contributed by atoms with Gasteiger partial charge in [-0.25, -0.2) is 0 Å². The first-order valence-corrected chi connectivity index (χ1v) is 9.66. The number of aromatic nitrogens is 1. The Balaban J connectivity index is 1.66. The zero-order valence-corrected chi connectivity index (χ0v) is 16.5. The van der Waals surface area contributed by atoms with Gasteiger partial charge in [0.25, 0.3) is 0 Å². The maximum Gasteiger partial charge on any atom is 0.416 e. The summed E-state index contributed by atoms with van der Waals surface area (Å²) in [5.41, 5.74) is 0.0931. The Bertz CT molecular complexity index is 897. The predicted molar refractivity (Wildman–Crippen MR) is 101 cm³/mol. The van der Waals surface area contributed by atoms with E-state index < -0.39 is 23.7 Å². The lowest BCUT2D eigenvalue weighted by Crippen LogP contribution is -2.56. The van der Waals surface area contributed by atoms with Crippen molar-refractivity contribution in [1.29, 1.82) is 0 Å². The molecule has 3 rings (SSSR count). The molecule has 0 saturated carbocycles. The Labute approximate surface area is 171 Å². The highest BCUT2D eigenvalue weighted by atomic mass is 19.4. The van der Waals surface area contributed by atoms with Crippen molar-refractivity contribution in [3.63, 3.8) is 0 Å². The summed E-state index contributed by atoms with van der Waals surface area (Å²) in [5.74, 6) is -0.293. The van der Waals surface area contributed by atoms with Gasteiger partial charge in [-0.2, -0.15) is 13.2 Å². The third-order valence-corrected chi connectivity index (χ3v) is 4.95. The molecular formula is C20H23F3N4O3. The van der Waals surface area contributed by atoms with E-state index in [4.69, 9.17) is 4.52 Å². The molecule has 0 bridgehead atoms. The van der Waals surface area contributed by atoms with Crippen LogP contribution in [-0.4, -0.2) is 41.0 Å². The zero-order chi connectivity index (χ0) is 21.7. The molecule has 0 radical (unpaired) electrons. The Hall–Kier alpha value is -2.88. The molecule has 1 aromatic carbocycles. The number of halogens is 3. The number of nitrogens with one attached hydrogen (secondary N) is 2. The third kappa shape index (κ3) is 5.38. The van der Waals surface area contributed by atoms with Gasteiger partial charge in [-0.15, -0.1) is 0 Å². The van der Waals surface area contributed by atoms with E-state index in [-0.39, 0.29) is 31.0 Å². The second-order valence-electron chi connectivity index (χ2n) is 7.05. The summed E-state index contributed by atoms with van der Waals surface area (Å²) < 4.78 is 45.0. The highest BCUT2D eigenvalue weighted by molar-refractivity contribution is 5.88. The van der Waals surface area contributed by atoms with Crippen LogP contribution in [0.15, 0.2) is 34.9 Å². The molecule has 2 aromatic rings. The SMILES string of the molecule is CCc1cc(CNC(=O)C[C@@H]2C(=O)NCCN2Cc2ccccc2C(F)(F)F)on1. The number of alkyl halides is 3. The average molecular weight is 424 g/mol. The molecule has 0 spiro atoms. The molecule has 1 saturated heterocycles. The Kier molecular flexibility index (Phi) is 6.76. The molecule has 1 atom stereocenters. The van der Waals surface area contributed by atoms with E-state index in [9.17, 15) is 22.8 Å². The van der Waals surface area contributed by atoms with Crippen LogP contribution < -0.4 is 10.6 Å². The number of amides is 2. The molecular weight excluding hydrogens is 401 g/mol. The van der Waals surface area contributed by atoms with Crippen molar-refractivity contribution in [2.24, 2.45) is 0 Å². The highest BCUT2D eigenvalue weighted by Crippen LogP contribution is 2.32. The van der Waals surface area contributed by atoms with Gasteiger partial charge < -0.3 is 15.2 Å². The minimum Gasteiger partial charge on any atom is -0.359 e. The van der Waals surface area contributed by atoms with E-state index >= 15 is 0 Å². The maximum absolute atomic E-state index is 13.3. The van der Waals surface area contributed by atoms with Crippen molar-refractivity contribution in [3.8, 4) is 0 Å². The molecule has 2 amide bonds. The molecule has 30 heavy (non-hydrogen) atoms. The first kappa shape index (κ1) is 21.8. The van der Waals surface area contributed by atoms with Crippen molar-refractivity contribution >= 4 is 11.8 Å². The van der Waals surface area contributed by atoms with Crippen LogP contribution in [0.25, 0.3) is 0 Å². The zero-order valence-electron chi connectivity index (χ0n) is 16.5. The van der Waals surface area contributed by atoms with Crippen molar-refractivity contribution in [2.45, 2.75) is 45.1 Å². The molecule has 2 heterocycles. The van der Waals surface area contributed by atoms with Gasteiger partial charge in [0.1, 0.15) is 0 Å². The lowest BCUT2D eigenvalue weighted by Gasteiger charge is -2.35. The molecule has 162 valence electrons. The van der Waals surface area contributed by atoms with Crippen molar-refractivity contribution in [3.05, 3.63) is 52.9 Å². The van der Waals surface area contributed by atoms with Crippen LogP contribution in [0.1, 0.15) is 35.9 Å². The van der Waals surface area contributed by atoms with Crippen LogP contribution in [0.3, 0.4) is 0 Å². The molecule has 1 aromatic heterocycles. The van der Waals surface area contributed by atoms with Crippen LogP contribution >= 0.6 is 0 Å². The summed E-state index contributed by atoms with van der Waals surface area (Å²) in [6.07, 6.45) is -3.96. The fourth-order valence-corrected chi connectivity index (χ4v) is 3.37. The first-order valence-electron chi connectivity index (χ1n) is 9.66. The topological polar surface area (TPSA) is 87.5 Å².